The number of carbonyl (C=O) groups excluding carboxylic acids is 1. The average Bonchev–Trinajstić information content (AvgIpc) is 3.43. The fraction of sp³-hybridized carbons (Fsp3) is 0.435. The van der Waals surface area contributed by atoms with E-state index in [1.807, 2.05) is 32.4 Å². The van der Waals surface area contributed by atoms with Crippen LogP contribution in [0.3, 0.4) is 0 Å². The molecule has 0 unspecified atom stereocenters. The van der Waals surface area contributed by atoms with Gasteiger partial charge in [0.15, 0.2) is 5.65 Å². The minimum absolute atomic E-state index is 0.114. The highest BCUT2D eigenvalue weighted by atomic mass is 32.2. The number of hydrogen-bond donors (Lipinski definition) is 1. The first-order valence-corrected chi connectivity index (χ1v) is 12.4. The number of carbonyl (C=O) groups is 1. The lowest BCUT2D eigenvalue weighted by molar-refractivity contribution is 0.102. The van der Waals surface area contributed by atoms with Gasteiger partial charge in [0.2, 0.25) is 10.0 Å². The lowest BCUT2D eigenvalue weighted by atomic mass is 10.0. The molecular weight excluding hydrogens is 426 g/mol. The summed E-state index contributed by atoms with van der Waals surface area (Å²) in [5, 5.41) is 8.00. The summed E-state index contributed by atoms with van der Waals surface area (Å²) in [7, 11) is -3.48. The molecule has 32 heavy (non-hydrogen) atoms. The van der Waals surface area contributed by atoms with Gasteiger partial charge >= 0.3 is 0 Å². The zero-order valence-corrected chi connectivity index (χ0v) is 19.7. The van der Waals surface area contributed by atoms with E-state index in [0.29, 0.717) is 35.4 Å². The van der Waals surface area contributed by atoms with E-state index >= 15 is 0 Å². The molecular formula is C23H29N5O3S. The fourth-order valence-corrected chi connectivity index (χ4v) is 5.40. The molecule has 1 N–H and O–H groups in total. The number of pyridine rings is 1. The van der Waals surface area contributed by atoms with E-state index in [2.05, 4.69) is 10.4 Å². The van der Waals surface area contributed by atoms with E-state index in [1.165, 1.54) is 4.31 Å². The van der Waals surface area contributed by atoms with Crippen molar-refractivity contribution in [2.24, 2.45) is 0 Å². The van der Waals surface area contributed by atoms with Gasteiger partial charge in [-0.2, -0.15) is 9.40 Å². The van der Waals surface area contributed by atoms with E-state index in [-0.39, 0.29) is 22.8 Å². The molecule has 0 saturated carbocycles. The molecule has 170 valence electrons. The zero-order chi connectivity index (χ0) is 23.0. The quantitative estimate of drug-likeness (QED) is 0.602. The topological polar surface area (TPSA) is 97.2 Å². The predicted molar refractivity (Wildman–Crippen MR) is 124 cm³/mol. The van der Waals surface area contributed by atoms with Gasteiger partial charge in [-0.25, -0.2) is 18.1 Å². The summed E-state index contributed by atoms with van der Waals surface area (Å²) in [6.07, 6.45) is 3.45. The summed E-state index contributed by atoms with van der Waals surface area (Å²) >= 11 is 0. The van der Waals surface area contributed by atoms with E-state index in [1.54, 1.807) is 36.5 Å². The van der Waals surface area contributed by atoms with E-state index < -0.39 is 10.0 Å². The molecule has 1 fully saturated rings. The monoisotopic (exact) mass is 455 g/mol. The van der Waals surface area contributed by atoms with Crippen LogP contribution in [0, 0.1) is 0 Å². The van der Waals surface area contributed by atoms with Crippen molar-refractivity contribution in [3.63, 3.8) is 0 Å². The van der Waals surface area contributed by atoms with Crippen LogP contribution in [0.25, 0.3) is 11.0 Å². The minimum Gasteiger partial charge on any atom is -0.322 e. The van der Waals surface area contributed by atoms with Gasteiger partial charge in [-0.3, -0.25) is 4.79 Å². The van der Waals surface area contributed by atoms with Crippen LogP contribution in [0.4, 0.5) is 5.69 Å². The lowest BCUT2D eigenvalue weighted by Gasteiger charge is -2.16. The summed E-state index contributed by atoms with van der Waals surface area (Å²) in [6, 6.07) is 8.26. The Kier molecular flexibility index (Phi) is 6.05. The van der Waals surface area contributed by atoms with Crippen molar-refractivity contribution in [2.45, 2.75) is 57.4 Å². The number of nitrogens with zero attached hydrogens (tertiary/aromatic N) is 4. The molecule has 0 atom stereocenters. The van der Waals surface area contributed by atoms with Crippen molar-refractivity contribution in [1.82, 2.24) is 19.1 Å². The SMILES string of the molecule is CC(C)c1cc(C(=O)Nc2ccc(S(=O)(=O)N3CCCC3)cc2)c2cnn(C(C)C)c2n1. The van der Waals surface area contributed by atoms with E-state index in [4.69, 9.17) is 4.98 Å². The number of amides is 1. The molecule has 0 spiro atoms. The Labute approximate surface area is 188 Å². The Balaban J connectivity index is 1.63. The van der Waals surface area contributed by atoms with Crippen LogP contribution in [0.1, 0.15) is 68.5 Å². The smallest absolute Gasteiger partial charge is 0.256 e. The second-order valence-corrected chi connectivity index (χ2v) is 10.7. The Bertz CT molecular complexity index is 1240. The number of nitrogens with one attached hydrogen (secondary N) is 1. The summed E-state index contributed by atoms with van der Waals surface area (Å²) in [5.41, 5.74) is 2.53. The first kappa shape index (κ1) is 22.4. The molecule has 4 rings (SSSR count). The molecule has 3 aromatic rings. The molecule has 1 aliphatic rings. The normalized spacial score (nSPS) is 15.2. The van der Waals surface area contributed by atoms with Crippen molar-refractivity contribution in [2.75, 3.05) is 18.4 Å². The Hall–Kier alpha value is -2.78. The van der Waals surface area contributed by atoms with Gasteiger partial charge in [0.1, 0.15) is 0 Å². The maximum absolute atomic E-state index is 13.2. The van der Waals surface area contributed by atoms with Crippen molar-refractivity contribution < 1.29 is 13.2 Å². The van der Waals surface area contributed by atoms with Crippen LogP contribution in [0.15, 0.2) is 41.4 Å². The highest BCUT2D eigenvalue weighted by molar-refractivity contribution is 7.89. The summed E-state index contributed by atoms with van der Waals surface area (Å²) in [5.74, 6) is -0.130. The molecule has 0 aliphatic carbocycles. The van der Waals surface area contributed by atoms with Crippen LogP contribution in [-0.2, 0) is 10.0 Å². The van der Waals surface area contributed by atoms with Gasteiger partial charge in [0.25, 0.3) is 5.91 Å². The first-order chi connectivity index (χ1) is 15.2. The first-order valence-electron chi connectivity index (χ1n) is 11.0. The second kappa shape index (κ2) is 8.63. The Morgan fingerprint density at radius 3 is 2.31 bits per heavy atom. The van der Waals surface area contributed by atoms with Gasteiger partial charge in [-0.05, 0) is 62.9 Å². The third-order valence-corrected chi connectivity index (χ3v) is 7.64. The molecule has 0 bridgehead atoms. The van der Waals surface area contributed by atoms with Crippen molar-refractivity contribution in [3.05, 3.63) is 47.8 Å². The van der Waals surface area contributed by atoms with Gasteiger partial charge in [-0.15, -0.1) is 0 Å². The lowest BCUT2D eigenvalue weighted by Crippen LogP contribution is -2.27. The molecule has 1 aromatic carbocycles. The van der Waals surface area contributed by atoms with Crippen LogP contribution in [0.2, 0.25) is 0 Å². The summed E-state index contributed by atoms with van der Waals surface area (Å²) in [6.45, 7) is 9.22. The van der Waals surface area contributed by atoms with Gasteiger partial charge < -0.3 is 5.32 Å². The highest BCUT2D eigenvalue weighted by Gasteiger charge is 2.27. The average molecular weight is 456 g/mol. The predicted octanol–water partition coefficient (Wildman–Crippen LogP) is 4.17. The second-order valence-electron chi connectivity index (χ2n) is 8.76. The summed E-state index contributed by atoms with van der Waals surface area (Å²) in [4.78, 5) is 18.1. The largest absolute Gasteiger partial charge is 0.322 e. The fourth-order valence-electron chi connectivity index (χ4n) is 3.89. The maximum Gasteiger partial charge on any atom is 0.256 e. The standard InChI is InChI=1S/C23H29N5O3S/c1-15(2)21-13-19(20-14-24-28(16(3)4)22(20)26-21)23(29)25-17-7-9-18(10-8-17)32(30,31)27-11-5-6-12-27/h7-10,13-16H,5-6,11-12H2,1-4H3,(H,25,29). The third kappa shape index (κ3) is 4.14. The van der Waals surface area contributed by atoms with Crippen LogP contribution in [0.5, 0.6) is 0 Å². The molecule has 1 amide bonds. The van der Waals surface area contributed by atoms with Gasteiger partial charge in [-0.1, -0.05) is 13.8 Å². The van der Waals surface area contributed by atoms with Crippen molar-refractivity contribution in [1.29, 1.82) is 0 Å². The van der Waals surface area contributed by atoms with E-state index in [0.717, 1.165) is 18.5 Å². The maximum atomic E-state index is 13.2. The molecule has 1 aliphatic heterocycles. The number of hydrogen-bond acceptors (Lipinski definition) is 5. The number of rotatable bonds is 6. The number of fused-ring (bicyclic) bond motifs is 1. The Morgan fingerprint density at radius 1 is 1.06 bits per heavy atom. The van der Waals surface area contributed by atoms with Crippen LogP contribution >= 0.6 is 0 Å². The van der Waals surface area contributed by atoms with Gasteiger partial charge in [0.05, 0.1) is 22.0 Å². The van der Waals surface area contributed by atoms with Crippen molar-refractivity contribution in [3.8, 4) is 0 Å². The van der Waals surface area contributed by atoms with Crippen molar-refractivity contribution >= 4 is 32.7 Å². The summed E-state index contributed by atoms with van der Waals surface area (Å²) < 4.78 is 28.8. The number of aromatic nitrogens is 3. The zero-order valence-electron chi connectivity index (χ0n) is 18.9. The highest BCUT2D eigenvalue weighted by Crippen LogP contribution is 2.26. The molecule has 2 aromatic heterocycles. The number of sulfonamides is 1. The molecule has 0 radical (unpaired) electrons. The molecule has 1 saturated heterocycles. The third-order valence-electron chi connectivity index (χ3n) is 5.73. The van der Waals surface area contributed by atoms with Gasteiger partial charge in [0, 0.05) is 30.5 Å². The van der Waals surface area contributed by atoms with Crippen LogP contribution < -0.4 is 5.32 Å². The Morgan fingerprint density at radius 2 is 1.72 bits per heavy atom. The molecule has 9 heteroatoms. The number of anilines is 1. The molecule has 3 heterocycles. The molecule has 8 nitrogen and oxygen atoms in total. The number of benzene rings is 1. The van der Waals surface area contributed by atoms with E-state index in [9.17, 15) is 13.2 Å². The minimum atomic E-state index is -3.48. The van der Waals surface area contributed by atoms with Crippen LogP contribution in [-0.4, -0.2) is 46.5 Å².